The van der Waals surface area contributed by atoms with E-state index in [1.807, 2.05) is 0 Å². The Hall–Kier alpha value is -1.62. The van der Waals surface area contributed by atoms with Gasteiger partial charge in [-0.2, -0.15) is 0 Å². The van der Waals surface area contributed by atoms with Crippen molar-refractivity contribution in [2.75, 3.05) is 21.3 Å². The van der Waals surface area contributed by atoms with Gasteiger partial charge in [-0.1, -0.05) is 11.6 Å². The first kappa shape index (κ1) is 12.4. The molecule has 1 aromatic rings. The lowest BCUT2D eigenvalue weighted by Gasteiger charge is -2.13. The Kier molecular flexibility index (Phi) is 3.84. The normalized spacial score (nSPS) is 9.75. The van der Waals surface area contributed by atoms with Gasteiger partial charge in [0.25, 0.3) is 0 Å². The Morgan fingerprint density at radius 3 is 2.25 bits per heavy atom. The molecule has 6 heteroatoms. The van der Waals surface area contributed by atoms with Crippen LogP contribution in [-0.4, -0.2) is 32.4 Å². The number of ether oxygens (including phenoxy) is 3. The molecule has 0 saturated carbocycles. The number of esters is 1. The van der Waals surface area contributed by atoms with Gasteiger partial charge in [0.2, 0.25) is 5.75 Å². The summed E-state index contributed by atoms with van der Waals surface area (Å²) in [4.78, 5) is 11.3. The zero-order chi connectivity index (χ0) is 12.3. The van der Waals surface area contributed by atoms with Gasteiger partial charge in [0, 0.05) is 0 Å². The molecule has 0 saturated heterocycles. The summed E-state index contributed by atoms with van der Waals surface area (Å²) in [6, 6.07) is 1.25. The molecule has 0 heterocycles. The Bertz CT molecular complexity index is 416. The molecular formula is C10H11ClO5. The first-order valence-corrected chi connectivity index (χ1v) is 4.66. The number of phenolic OH excluding ortho intramolecular Hbond substituents is 1. The van der Waals surface area contributed by atoms with Crippen LogP contribution in [0.2, 0.25) is 5.02 Å². The largest absolute Gasteiger partial charge is 0.504 e. The summed E-state index contributed by atoms with van der Waals surface area (Å²) >= 11 is 5.86. The minimum Gasteiger partial charge on any atom is -0.504 e. The van der Waals surface area contributed by atoms with Crippen LogP contribution in [0.3, 0.4) is 0 Å². The lowest BCUT2D eigenvalue weighted by Crippen LogP contribution is -2.04. The van der Waals surface area contributed by atoms with Crippen molar-refractivity contribution < 1.29 is 24.1 Å². The van der Waals surface area contributed by atoms with Gasteiger partial charge in [-0.25, -0.2) is 4.79 Å². The quantitative estimate of drug-likeness (QED) is 0.825. The van der Waals surface area contributed by atoms with E-state index in [0.717, 1.165) is 0 Å². The molecule has 0 atom stereocenters. The molecule has 1 aromatic carbocycles. The third kappa shape index (κ3) is 1.99. The number of methoxy groups -OCH3 is 3. The first-order chi connectivity index (χ1) is 7.56. The van der Waals surface area contributed by atoms with E-state index in [0.29, 0.717) is 0 Å². The number of halogens is 1. The number of benzene rings is 1. The minimum absolute atomic E-state index is 0.00426. The van der Waals surface area contributed by atoms with Gasteiger partial charge in [-0.3, -0.25) is 0 Å². The molecule has 0 radical (unpaired) electrons. The fraction of sp³-hybridized carbons (Fsp3) is 0.300. The number of hydrogen-bond acceptors (Lipinski definition) is 5. The van der Waals surface area contributed by atoms with Crippen LogP contribution < -0.4 is 9.47 Å². The smallest absolute Gasteiger partial charge is 0.341 e. The van der Waals surface area contributed by atoms with Crippen molar-refractivity contribution in [3.8, 4) is 17.2 Å². The molecule has 0 spiro atoms. The molecule has 0 unspecified atom stereocenters. The lowest BCUT2D eigenvalue weighted by atomic mass is 10.1. The van der Waals surface area contributed by atoms with E-state index in [-0.39, 0.29) is 27.8 Å². The Labute approximate surface area is 97.5 Å². The third-order valence-corrected chi connectivity index (χ3v) is 2.26. The predicted octanol–water partition coefficient (Wildman–Crippen LogP) is 1.85. The summed E-state index contributed by atoms with van der Waals surface area (Å²) in [5.74, 6) is -0.916. The van der Waals surface area contributed by atoms with E-state index in [1.54, 1.807) is 0 Å². The van der Waals surface area contributed by atoms with Crippen LogP contribution in [0, 0.1) is 0 Å². The lowest BCUT2D eigenvalue weighted by molar-refractivity contribution is 0.0596. The van der Waals surface area contributed by atoms with Crippen molar-refractivity contribution in [3.63, 3.8) is 0 Å². The fourth-order valence-corrected chi connectivity index (χ4v) is 1.52. The number of phenols is 1. The van der Waals surface area contributed by atoms with E-state index in [4.69, 9.17) is 21.1 Å². The highest BCUT2D eigenvalue weighted by Gasteiger charge is 2.22. The second-order valence-corrected chi connectivity index (χ2v) is 3.22. The zero-order valence-electron chi connectivity index (χ0n) is 9.04. The van der Waals surface area contributed by atoms with Gasteiger partial charge in [0.1, 0.15) is 5.56 Å². The summed E-state index contributed by atoms with van der Waals surface area (Å²) in [5.41, 5.74) is -0.0786. The van der Waals surface area contributed by atoms with Crippen LogP contribution in [0.4, 0.5) is 0 Å². The van der Waals surface area contributed by atoms with E-state index < -0.39 is 5.97 Å². The molecule has 5 nitrogen and oxygen atoms in total. The monoisotopic (exact) mass is 246 g/mol. The van der Waals surface area contributed by atoms with Gasteiger partial charge in [-0.15, -0.1) is 0 Å². The maximum Gasteiger partial charge on any atom is 0.341 e. The number of rotatable bonds is 3. The van der Waals surface area contributed by atoms with Gasteiger partial charge < -0.3 is 19.3 Å². The molecular weight excluding hydrogens is 236 g/mol. The summed E-state index contributed by atoms with van der Waals surface area (Å²) in [7, 11) is 3.91. The number of hydrogen-bond donors (Lipinski definition) is 1. The SMILES string of the molecule is COC(=O)c1cc(Cl)c(OC)c(OC)c1O. The molecule has 1 rings (SSSR count). The van der Waals surface area contributed by atoms with Crippen LogP contribution in [0.5, 0.6) is 17.2 Å². The predicted molar refractivity (Wildman–Crippen MR) is 57.6 cm³/mol. The van der Waals surface area contributed by atoms with Crippen molar-refractivity contribution in [3.05, 3.63) is 16.7 Å². The molecule has 0 aliphatic carbocycles. The van der Waals surface area contributed by atoms with E-state index in [2.05, 4.69) is 4.74 Å². The maximum atomic E-state index is 11.3. The Morgan fingerprint density at radius 1 is 1.25 bits per heavy atom. The van der Waals surface area contributed by atoms with Crippen LogP contribution in [0.25, 0.3) is 0 Å². The van der Waals surface area contributed by atoms with Gasteiger partial charge in [0.05, 0.1) is 26.4 Å². The van der Waals surface area contributed by atoms with E-state index >= 15 is 0 Å². The number of carbonyl (C=O) groups excluding carboxylic acids is 1. The van der Waals surface area contributed by atoms with Crippen molar-refractivity contribution in [2.45, 2.75) is 0 Å². The van der Waals surface area contributed by atoms with Crippen LogP contribution in [0.15, 0.2) is 6.07 Å². The number of carbonyl (C=O) groups is 1. The first-order valence-electron chi connectivity index (χ1n) is 4.28. The molecule has 1 N–H and O–H groups in total. The zero-order valence-corrected chi connectivity index (χ0v) is 9.79. The molecule has 0 amide bonds. The second-order valence-electron chi connectivity index (χ2n) is 2.81. The second kappa shape index (κ2) is 4.94. The van der Waals surface area contributed by atoms with Gasteiger partial charge >= 0.3 is 5.97 Å². The highest BCUT2D eigenvalue weighted by atomic mass is 35.5. The van der Waals surface area contributed by atoms with Crippen LogP contribution in [-0.2, 0) is 4.74 Å². The molecule has 0 aliphatic heterocycles. The van der Waals surface area contributed by atoms with E-state index in [1.165, 1.54) is 27.4 Å². The third-order valence-electron chi connectivity index (χ3n) is 1.98. The Morgan fingerprint density at radius 2 is 1.81 bits per heavy atom. The highest BCUT2D eigenvalue weighted by molar-refractivity contribution is 6.32. The molecule has 0 aromatic heterocycles. The Balaban J connectivity index is 3.45. The molecule has 0 bridgehead atoms. The average molecular weight is 247 g/mol. The molecule has 88 valence electrons. The van der Waals surface area contributed by atoms with E-state index in [9.17, 15) is 9.90 Å². The maximum absolute atomic E-state index is 11.3. The van der Waals surface area contributed by atoms with Gasteiger partial charge in [0.15, 0.2) is 11.5 Å². The summed E-state index contributed by atoms with van der Waals surface area (Å²) in [6.07, 6.45) is 0. The summed E-state index contributed by atoms with van der Waals surface area (Å²) < 4.78 is 14.4. The topological polar surface area (TPSA) is 65.0 Å². The molecule has 16 heavy (non-hydrogen) atoms. The fourth-order valence-electron chi connectivity index (χ4n) is 1.24. The summed E-state index contributed by atoms with van der Waals surface area (Å²) in [5, 5.41) is 9.91. The van der Waals surface area contributed by atoms with Crippen molar-refractivity contribution in [2.24, 2.45) is 0 Å². The average Bonchev–Trinajstić information content (AvgIpc) is 2.29. The summed E-state index contributed by atoms with van der Waals surface area (Å²) in [6.45, 7) is 0. The highest BCUT2D eigenvalue weighted by Crippen LogP contribution is 2.44. The van der Waals surface area contributed by atoms with Gasteiger partial charge in [-0.05, 0) is 6.07 Å². The van der Waals surface area contributed by atoms with Crippen LogP contribution in [0.1, 0.15) is 10.4 Å². The molecule has 0 fully saturated rings. The van der Waals surface area contributed by atoms with Crippen LogP contribution >= 0.6 is 11.6 Å². The van der Waals surface area contributed by atoms with Crippen molar-refractivity contribution in [1.82, 2.24) is 0 Å². The standard InChI is InChI=1S/C10H11ClO5/c1-14-8-6(11)4-5(10(13)16-3)7(12)9(8)15-2/h4,12H,1-3H3. The van der Waals surface area contributed by atoms with Crippen molar-refractivity contribution in [1.29, 1.82) is 0 Å². The number of aromatic hydroxyl groups is 1. The minimum atomic E-state index is -0.708. The molecule has 0 aliphatic rings. The van der Waals surface area contributed by atoms with Crippen molar-refractivity contribution >= 4 is 17.6 Å².